The Hall–Kier alpha value is -1.00. The highest BCUT2D eigenvalue weighted by Gasteiger charge is 2.66. The Balaban J connectivity index is 2.46. The van der Waals surface area contributed by atoms with Crippen molar-refractivity contribution in [3.63, 3.8) is 0 Å². The van der Waals surface area contributed by atoms with Crippen LogP contribution in [0.1, 0.15) is 13.2 Å². The number of aliphatic hydroxyl groups is 1. The number of aromatic nitrogens is 2. The molecule has 0 aromatic carbocycles. The van der Waals surface area contributed by atoms with Gasteiger partial charge in [-0.25, -0.2) is 18.5 Å². The number of halogens is 1. The lowest BCUT2D eigenvalue weighted by Crippen LogP contribution is -2.56. The van der Waals surface area contributed by atoms with Crippen molar-refractivity contribution < 1.29 is 61.0 Å². The van der Waals surface area contributed by atoms with Crippen LogP contribution in [0.2, 0.25) is 0 Å². The van der Waals surface area contributed by atoms with Crippen LogP contribution in [0.5, 0.6) is 0 Å². The summed E-state index contributed by atoms with van der Waals surface area (Å²) < 4.78 is 58.3. The number of nitrogens with zero attached hydrogens (tertiary/aromatic N) is 1. The van der Waals surface area contributed by atoms with Crippen molar-refractivity contribution in [2.45, 2.75) is 30.5 Å². The quantitative estimate of drug-likeness (QED) is 0.111. The first-order chi connectivity index (χ1) is 15.8. The summed E-state index contributed by atoms with van der Waals surface area (Å²) in [5, 5.41) is 11.5. The summed E-state index contributed by atoms with van der Waals surface area (Å²) in [4.78, 5) is 62.1. The fraction of sp³-hybridized carbons (Fsp3) is 0.571. The van der Waals surface area contributed by atoms with Crippen LogP contribution < -0.4 is 11.2 Å². The van der Waals surface area contributed by atoms with Crippen LogP contribution in [0.15, 0.2) is 34.0 Å². The molecular weight excluding hydrogens is 565 g/mol. The number of alkyl halides is 1. The van der Waals surface area contributed by atoms with Gasteiger partial charge in [0, 0.05) is 19.4 Å². The molecule has 200 valence electrons. The molecule has 1 fully saturated rings. The molecule has 0 spiro atoms. The van der Waals surface area contributed by atoms with Gasteiger partial charge in [-0.05, 0) is 12.5 Å². The highest BCUT2D eigenvalue weighted by atomic mass is 35.5. The van der Waals surface area contributed by atoms with Crippen LogP contribution >= 0.6 is 35.1 Å². The van der Waals surface area contributed by atoms with Gasteiger partial charge in [-0.3, -0.25) is 18.9 Å². The minimum Gasteiger partial charge on any atom is -0.378 e. The Labute approximate surface area is 201 Å². The maximum absolute atomic E-state index is 12.4. The summed E-state index contributed by atoms with van der Waals surface area (Å²) in [7, 11) is -16.0. The first-order valence-corrected chi connectivity index (χ1v) is 14.1. The molecule has 2 unspecified atom stereocenters. The lowest BCUT2D eigenvalue weighted by molar-refractivity contribution is -0.120. The standard InChI is InChI=1S/C14H22ClN2O15P3/c1-8(2)14(20)10(28-3)13(6-15,30-11(14)17-5-4-9(18)16-12(17)19)7-29-34(24,25)32-35(26,27)31-33(21,22)23/h4-5,10-11,20H,1,6-7H2,2-3H3,(H,24,25)(H,26,27)(H,16,18,19)(H2,21,22,23)/t10-,11-,13-,14-/m1/s1. The van der Waals surface area contributed by atoms with Crippen molar-refractivity contribution in [3.8, 4) is 0 Å². The van der Waals surface area contributed by atoms with E-state index in [0.29, 0.717) is 0 Å². The molecule has 1 aromatic heterocycles. The average molecular weight is 587 g/mol. The molecule has 0 saturated carbocycles. The molecular formula is C14H22ClN2O15P3. The molecule has 0 radical (unpaired) electrons. The Kier molecular flexibility index (Phi) is 8.98. The van der Waals surface area contributed by atoms with E-state index < -0.39 is 70.7 Å². The van der Waals surface area contributed by atoms with Gasteiger partial charge in [0.05, 0.1) is 12.5 Å². The zero-order valence-electron chi connectivity index (χ0n) is 17.9. The van der Waals surface area contributed by atoms with Crippen LogP contribution in [0.3, 0.4) is 0 Å². The number of aromatic amines is 1. The van der Waals surface area contributed by atoms with Gasteiger partial charge >= 0.3 is 29.2 Å². The largest absolute Gasteiger partial charge is 0.490 e. The van der Waals surface area contributed by atoms with E-state index in [2.05, 4.69) is 19.7 Å². The number of phosphoric ester groups is 1. The van der Waals surface area contributed by atoms with Gasteiger partial charge in [0.1, 0.15) is 11.7 Å². The third-order valence-corrected chi connectivity index (χ3v) is 8.97. The summed E-state index contributed by atoms with van der Waals surface area (Å²) in [6, 6.07) is 0.943. The van der Waals surface area contributed by atoms with Crippen molar-refractivity contribution in [1.29, 1.82) is 0 Å². The molecule has 17 nitrogen and oxygen atoms in total. The van der Waals surface area contributed by atoms with E-state index in [4.69, 9.17) is 30.9 Å². The van der Waals surface area contributed by atoms with E-state index in [0.717, 1.165) is 23.9 Å². The molecule has 2 heterocycles. The maximum atomic E-state index is 12.4. The summed E-state index contributed by atoms with van der Waals surface area (Å²) in [6.45, 7) is 3.88. The summed E-state index contributed by atoms with van der Waals surface area (Å²) in [6.07, 6.45) is -2.27. The van der Waals surface area contributed by atoms with Crippen LogP contribution in [0, 0.1) is 0 Å². The van der Waals surface area contributed by atoms with Crippen molar-refractivity contribution >= 4 is 35.1 Å². The Bertz CT molecular complexity index is 1230. The Morgan fingerprint density at radius 2 is 1.83 bits per heavy atom. The van der Waals surface area contributed by atoms with Gasteiger partial charge in [-0.2, -0.15) is 8.62 Å². The first kappa shape index (κ1) is 30.2. The smallest absolute Gasteiger partial charge is 0.378 e. The lowest BCUT2D eigenvalue weighted by atomic mass is 9.82. The normalized spacial score (nSPS) is 30.5. The first-order valence-electron chi connectivity index (χ1n) is 9.07. The number of rotatable bonds is 11. The zero-order chi connectivity index (χ0) is 27.0. The molecule has 35 heavy (non-hydrogen) atoms. The summed E-state index contributed by atoms with van der Waals surface area (Å²) in [5.41, 5.74) is -6.14. The number of hydrogen-bond acceptors (Lipinski definition) is 11. The molecule has 21 heteroatoms. The van der Waals surface area contributed by atoms with E-state index in [1.54, 1.807) is 0 Å². The van der Waals surface area contributed by atoms with Crippen molar-refractivity contribution in [2.24, 2.45) is 0 Å². The minimum absolute atomic E-state index is 0.0298. The number of H-pyrrole nitrogens is 1. The van der Waals surface area contributed by atoms with Crippen LogP contribution in [0.25, 0.3) is 0 Å². The second kappa shape index (κ2) is 10.4. The molecule has 0 bridgehead atoms. The Morgan fingerprint density at radius 1 is 1.23 bits per heavy atom. The number of ether oxygens (including phenoxy) is 2. The van der Waals surface area contributed by atoms with Crippen LogP contribution in [-0.4, -0.2) is 71.1 Å². The van der Waals surface area contributed by atoms with E-state index in [-0.39, 0.29) is 5.57 Å². The second-order valence-corrected chi connectivity index (χ2v) is 12.0. The minimum atomic E-state index is -5.81. The highest BCUT2D eigenvalue weighted by molar-refractivity contribution is 7.66. The Morgan fingerprint density at radius 3 is 2.29 bits per heavy atom. The third-order valence-electron chi connectivity index (χ3n) is 4.74. The topological polar surface area (TPSA) is 253 Å². The second-order valence-electron chi connectivity index (χ2n) is 7.27. The molecule has 0 amide bonds. The van der Waals surface area contributed by atoms with Gasteiger partial charge in [-0.1, -0.05) is 6.58 Å². The predicted molar refractivity (Wildman–Crippen MR) is 115 cm³/mol. The number of hydrogen-bond donors (Lipinski definition) is 6. The molecule has 0 aliphatic carbocycles. The van der Waals surface area contributed by atoms with Crippen LogP contribution in [-0.2, 0) is 36.3 Å². The fourth-order valence-electron chi connectivity index (χ4n) is 3.36. The molecule has 1 aliphatic rings. The summed E-state index contributed by atoms with van der Waals surface area (Å²) in [5.74, 6) is -0.647. The van der Waals surface area contributed by atoms with E-state index in [9.17, 15) is 38.2 Å². The molecule has 6 atom stereocenters. The number of nitrogens with one attached hydrogen (secondary N) is 1. The number of phosphoric acid groups is 3. The lowest BCUT2D eigenvalue weighted by Gasteiger charge is -2.36. The van der Waals surface area contributed by atoms with E-state index in [1.807, 2.05) is 4.98 Å². The van der Waals surface area contributed by atoms with E-state index in [1.165, 1.54) is 6.92 Å². The van der Waals surface area contributed by atoms with Gasteiger partial charge < -0.3 is 34.2 Å². The zero-order valence-corrected chi connectivity index (χ0v) is 21.4. The predicted octanol–water partition coefficient (Wildman–Crippen LogP) is -0.292. The van der Waals surface area contributed by atoms with Gasteiger partial charge in [0.2, 0.25) is 0 Å². The van der Waals surface area contributed by atoms with Gasteiger partial charge in [0.15, 0.2) is 11.8 Å². The van der Waals surface area contributed by atoms with Gasteiger partial charge in [0.25, 0.3) is 5.56 Å². The van der Waals surface area contributed by atoms with Crippen molar-refractivity contribution in [2.75, 3.05) is 19.6 Å². The van der Waals surface area contributed by atoms with Crippen molar-refractivity contribution in [1.82, 2.24) is 9.55 Å². The number of methoxy groups -OCH3 is 1. The summed E-state index contributed by atoms with van der Waals surface area (Å²) >= 11 is 6.02. The molecule has 6 N–H and O–H groups in total. The van der Waals surface area contributed by atoms with E-state index >= 15 is 0 Å². The highest BCUT2D eigenvalue weighted by Crippen LogP contribution is 2.66. The molecule has 1 aliphatic heterocycles. The molecule has 2 rings (SSSR count). The fourth-order valence-corrected chi connectivity index (χ4v) is 6.71. The third kappa shape index (κ3) is 6.66. The van der Waals surface area contributed by atoms with Gasteiger partial charge in [-0.15, -0.1) is 11.6 Å². The monoisotopic (exact) mass is 586 g/mol. The molecule has 1 saturated heterocycles. The average Bonchev–Trinajstić information content (AvgIpc) is 2.93. The van der Waals surface area contributed by atoms with Crippen molar-refractivity contribution in [3.05, 3.63) is 45.3 Å². The SMILES string of the molecule is C=C(C)[C@@]1(O)[C@H](OC)[C@@](CCl)(COP(=O)(O)OP(=O)(O)OP(=O)(O)O)O[C@H]1n1ccc(=O)[nH]c1=O. The maximum Gasteiger partial charge on any atom is 0.490 e. The van der Waals surface area contributed by atoms with Crippen LogP contribution in [0.4, 0.5) is 0 Å². The molecule has 1 aromatic rings.